The highest BCUT2D eigenvalue weighted by atomic mass is 32.2. The maximum absolute atomic E-state index is 12.6. The van der Waals surface area contributed by atoms with Crippen molar-refractivity contribution in [3.8, 4) is 23.0 Å². The fraction of sp³-hybridized carbons (Fsp3) is 0.0500. The van der Waals surface area contributed by atoms with Gasteiger partial charge in [-0.25, -0.2) is 13.2 Å². The predicted octanol–water partition coefficient (Wildman–Crippen LogP) is 5.26. The summed E-state index contributed by atoms with van der Waals surface area (Å²) in [4.78, 5) is 10.4. The lowest BCUT2D eigenvalue weighted by Crippen LogP contribution is -2.23. The quantitative estimate of drug-likeness (QED) is 0.565. The third-order valence-corrected chi connectivity index (χ3v) is 5.33. The lowest BCUT2D eigenvalue weighted by Gasteiger charge is -2.11. The lowest BCUT2D eigenvalue weighted by molar-refractivity contribution is -0.0436. The number of carboxylic acids is 1. The van der Waals surface area contributed by atoms with Crippen LogP contribution in [-0.2, 0) is 9.84 Å². The van der Waals surface area contributed by atoms with Crippen molar-refractivity contribution < 1.29 is 41.0 Å². The third kappa shape index (κ3) is 4.54. The molecule has 0 aromatic heterocycles. The number of para-hydroxylation sites is 1. The van der Waals surface area contributed by atoms with E-state index < -0.39 is 26.2 Å². The number of aromatic carboxylic acids is 1. The van der Waals surface area contributed by atoms with Gasteiger partial charge in [-0.3, -0.25) is 0 Å². The molecule has 0 radical (unpaired) electrons. The first-order valence-corrected chi connectivity index (χ1v) is 9.76. The number of sulfone groups is 1. The van der Waals surface area contributed by atoms with Gasteiger partial charge in [-0.15, -0.1) is 0 Å². The van der Waals surface area contributed by atoms with Crippen molar-refractivity contribution >= 4 is 15.8 Å². The molecule has 3 rings (SSSR count). The van der Waals surface area contributed by atoms with Crippen molar-refractivity contribution in [2.75, 3.05) is 0 Å². The number of rotatable bonds is 6. The Kier molecular flexibility index (Phi) is 5.70. The van der Waals surface area contributed by atoms with Crippen molar-refractivity contribution in [3.63, 3.8) is 0 Å². The average molecular weight is 438 g/mol. The molecule has 0 aliphatic rings. The molecule has 10 heteroatoms. The van der Waals surface area contributed by atoms with Crippen LogP contribution in [0.5, 0.6) is 23.0 Å². The third-order valence-electron chi connectivity index (χ3n) is 3.83. The van der Waals surface area contributed by atoms with E-state index in [1.165, 1.54) is 24.3 Å². The van der Waals surface area contributed by atoms with Gasteiger partial charge in [0.05, 0.1) is 4.90 Å². The zero-order chi connectivity index (χ0) is 21.9. The Balaban J connectivity index is 1.79. The highest BCUT2D eigenvalue weighted by Gasteiger charge is 2.46. The molecule has 0 heterocycles. The zero-order valence-corrected chi connectivity index (χ0v) is 15.8. The summed E-state index contributed by atoms with van der Waals surface area (Å²) < 4.78 is 71.7. The van der Waals surface area contributed by atoms with Gasteiger partial charge in [-0.05, 0) is 48.5 Å². The van der Waals surface area contributed by atoms with Crippen LogP contribution < -0.4 is 9.47 Å². The summed E-state index contributed by atoms with van der Waals surface area (Å²) in [7, 11) is -5.44. The Bertz CT molecular complexity index is 1170. The topological polar surface area (TPSA) is 89.9 Å². The number of hydrogen-bond acceptors (Lipinski definition) is 5. The SMILES string of the molecule is O=C(O)c1ccccc1Oc1cccc(Oc2ccc(S(=O)(=O)C(F)(F)F)cc2)c1. The molecule has 0 aliphatic heterocycles. The van der Waals surface area contributed by atoms with E-state index in [4.69, 9.17) is 9.47 Å². The summed E-state index contributed by atoms with van der Waals surface area (Å²) in [5.74, 6) is -0.445. The number of carbonyl (C=O) groups is 1. The van der Waals surface area contributed by atoms with Crippen LogP contribution >= 0.6 is 0 Å². The molecule has 6 nitrogen and oxygen atoms in total. The van der Waals surface area contributed by atoms with Crippen LogP contribution in [0.2, 0.25) is 0 Å². The van der Waals surface area contributed by atoms with Gasteiger partial charge in [0.15, 0.2) is 0 Å². The van der Waals surface area contributed by atoms with Crippen molar-refractivity contribution in [1.82, 2.24) is 0 Å². The summed E-state index contributed by atoms with van der Waals surface area (Å²) in [5, 5.41) is 9.21. The molecule has 0 saturated carbocycles. The molecule has 156 valence electrons. The average Bonchev–Trinajstić information content (AvgIpc) is 2.68. The fourth-order valence-electron chi connectivity index (χ4n) is 2.42. The second kappa shape index (κ2) is 8.07. The molecule has 0 unspecified atom stereocenters. The van der Waals surface area contributed by atoms with Crippen LogP contribution in [0, 0.1) is 0 Å². The zero-order valence-electron chi connectivity index (χ0n) is 15.0. The number of carboxylic acid groups (broad SMARTS) is 1. The van der Waals surface area contributed by atoms with Crippen molar-refractivity contribution in [2.45, 2.75) is 10.4 Å². The summed E-state index contributed by atoms with van der Waals surface area (Å²) in [5.41, 5.74) is -5.43. The summed E-state index contributed by atoms with van der Waals surface area (Å²) in [6.45, 7) is 0. The number of alkyl halides is 3. The Labute approximate surface area is 169 Å². The molecule has 0 aliphatic carbocycles. The van der Waals surface area contributed by atoms with Gasteiger partial charge >= 0.3 is 11.5 Å². The molecule has 3 aromatic carbocycles. The Morgan fingerprint density at radius 2 is 1.40 bits per heavy atom. The number of benzene rings is 3. The number of ether oxygens (including phenoxy) is 2. The van der Waals surface area contributed by atoms with Crippen LogP contribution in [0.4, 0.5) is 13.2 Å². The van der Waals surface area contributed by atoms with Crippen LogP contribution in [-0.4, -0.2) is 25.0 Å². The molecule has 0 bridgehead atoms. The van der Waals surface area contributed by atoms with E-state index in [1.807, 2.05) is 0 Å². The van der Waals surface area contributed by atoms with Gasteiger partial charge < -0.3 is 14.6 Å². The molecule has 0 fully saturated rings. The second-order valence-electron chi connectivity index (χ2n) is 5.90. The van der Waals surface area contributed by atoms with Crippen LogP contribution in [0.15, 0.2) is 77.7 Å². The van der Waals surface area contributed by atoms with E-state index in [0.29, 0.717) is 0 Å². The van der Waals surface area contributed by atoms with Gasteiger partial charge in [0, 0.05) is 6.07 Å². The first-order chi connectivity index (χ1) is 14.1. The number of halogens is 3. The van der Waals surface area contributed by atoms with Gasteiger partial charge in [-0.1, -0.05) is 18.2 Å². The normalized spacial score (nSPS) is 11.7. The minimum absolute atomic E-state index is 0.0368. The Morgan fingerprint density at radius 3 is 2.00 bits per heavy atom. The summed E-state index contributed by atoms with van der Waals surface area (Å²) >= 11 is 0. The maximum atomic E-state index is 12.6. The van der Waals surface area contributed by atoms with E-state index in [2.05, 4.69) is 0 Å². The molecule has 30 heavy (non-hydrogen) atoms. The smallest absolute Gasteiger partial charge is 0.478 e. The highest BCUT2D eigenvalue weighted by Crippen LogP contribution is 2.33. The molecule has 0 saturated heterocycles. The largest absolute Gasteiger partial charge is 0.501 e. The number of hydrogen-bond donors (Lipinski definition) is 1. The maximum Gasteiger partial charge on any atom is 0.501 e. The van der Waals surface area contributed by atoms with Crippen molar-refractivity contribution in [3.05, 3.63) is 78.4 Å². The molecular weight excluding hydrogens is 425 g/mol. The van der Waals surface area contributed by atoms with Gasteiger partial charge in [0.2, 0.25) is 0 Å². The second-order valence-corrected chi connectivity index (χ2v) is 7.84. The van der Waals surface area contributed by atoms with Crippen LogP contribution in [0.1, 0.15) is 10.4 Å². The van der Waals surface area contributed by atoms with E-state index in [-0.39, 0.29) is 28.6 Å². The van der Waals surface area contributed by atoms with E-state index in [9.17, 15) is 31.5 Å². The monoisotopic (exact) mass is 438 g/mol. The van der Waals surface area contributed by atoms with Gasteiger partial charge in [0.25, 0.3) is 9.84 Å². The summed E-state index contributed by atoms with van der Waals surface area (Å²) in [6.07, 6.45) is 0. The van der Waals surface area contributed by atoms with Crippen LogP contribution in [0.3, 0.4) is 0 Å². The summed E-state index contributed by atoms with van der Waals surface area (Å²) in [6, 6.07) is 15.9. The highest BCUT2D eigenvalue weighted by molar-refractivity contribution is 7.92. The van der Waals surface area contributed by atoms with Crippen molar-refractivity contribution in [2.24, 2.45) is 0 Å². The van der Waals surface area contributed by atoms with E-state index in [0.717, 1.165) is 24.3 Å². The lowest BCUT2D eigenvalue weighted by atomic mass is 10.2. The first kappa shape index (κ1) is 21.2. The molecular formula is C20H13F3O6S. The molecule has 0 spiro atoms. The molecule has 0 amide bonds. The van der Waals surface area contributed by atoms with E-state index >= 15 is 0 Å². The molecule has 3 aromatic rings. The predicted molar refractivity (Wildman–Crippen MR) is 99.7 cm³/mol. The van der Waals surface area contributed by atoms with E-state index in [1.54, 1.807) is 24.3 Å². The molecule has 0 atom stereocenters. The minimum Gasteiger partial charge on any atom is -0.478 e. The van der Waals surface area contributed by atoms with Crippen LogP contribution in [0.25, 0.3) is 0 Å². The standard InChI is InChI=1S/C20H13F3O6S/c21-20(22,23)30(26,27)16-10-8-13(9-11-16)28-14-4-3-5-15(12-14)29-18-7-2-1-6-17(18)19(24)25/h1-12H,(H,24,25). The van der Waals surface area contributed by atoms with Gasteiger partial charge in [0.1, 0.15) is 28.6 Å². The van der Waals surface area contributed by atoms with Gasteiger partial charge in [-0.2, -0.15) is 13.2 Å². The Hall–Kier alpha value is -3.53. The first-order valence-electron chi connectivity index (χ1n) is 8.27. The molecule has 1 N–H and O–H groups in total. The Morgan fingerprint density at radius 1 is 0.800 bits per heavy atom. The minimum atomic E-state index is -5.44. The fourth-order valence-corrected chi connectivity index (χ4v) is 3.18. The van der Waals surface area contributed by atoms with Crippen molar-refractivity contribution in [1.29, 1.82) is 0 Å².